The fraction of sp³-hybridized carbons (Fsp3) is 0.357. The predicted octanol–water partition coefficient (Wildman–Crippen LogP) is 0.844. The number of aliphatic carboxylic acids is 1. The number of hydrazine groups is 1. The van der Waals surface area contributed by atoms with E-state index in [-0.39, 0.29) is 22.6 Å². The second-order valence-corrected chi connectivity index (χ2v) is 4.94. The zero-order chi connectivity index (χ0) is 17.9. The van der Waals surface area contributed by atoms with Crippen molar-refractivity contribution in [1.29, 1.82) is 0 Å². The van der Waals surface area contributed by atoms with Crippen LogP contribution in [0.1, 0.15) is 34.6 Å². The molecule has 0 radical (unpaired) electrons. The molecule has 0 saturated carbocycles. The number of carbonyl (C=O) groups is 3. The van der Waals surface area contributed by atoms with Gasteiger partial charge < -0.3 is 15.2 Å². The van der Waals surface area contributed by atoms with E-state index in [1.54, 1.807) is 19.1 Å². The van der Waals surface area contributed by atoms with E-state index < -0.39 is 30.6 Å². The Labute approximate surface area is 137 Å². The number of amides is 2. The van der Waals surface area contributed by atoms with Crippen LogP contribution in [0, 0.1) is 5.21 Å². The third-order valence-electron chi connectivity index (χ3n) is 3.38. The first kappa shape index (κ1) is 17.2. The second kappa shape index (κ2) is 6.94. The number of carbonyl (C=O) groups excluding carboxylic acids is 2. The van der Waals surface area contributed by atoms with Crippen LogP contribution in [0.4, 0.5) is 0 Å². The number of imide groups is 1. The number of benzene rings is 1. The van der Waals surface area contributed by atoms with Crippen LogP contribution in [0.2, 0.25) is 0 Å². The molecule has 1 unspecified atom stereocenters. The Morgan fingerprint density at radius 3 is 2.38 bits per heavy atom. The molecule has 2 rings (SSSR count). The summed E-state index contributed by atoms with van der Waals surface area (Å²) in [6.45, 7) is 2.47. The molecule has 10 heteroatoms. The average molecular weight is 336 g/mol. The van der Waals surface area contributed by atoms with Gasteiger partial charge in [0.25, 0.3) is 11.8 Å². The van der Waals surface area contributed by atoms with Crippen LogP contribution in [0.3, 0.4) is 0 Å². The summed E-state index contributed by atoms with van der Waals surface area (Å²) in [4.78, 5) is 40.8. The van der Waals surface area contributed by atoms with Crippen LogP contribution < -0.4 is 0 Å². The van der Waals surface area contributed by atoms with Crippen LogP contribution in [0.25, 0.3) is 0 Å². The zero-order valence-electron chi connectivity index (χ0n) is 13.1. The van der Waals surface area contributed by atoms with Gasteiger partial charge in [-0.15, -0.1) is 5.01 Å². The molecule has 1 aliphatic heterocycles. The molecule has 1 aromatic rings. The number of likely N-dealkylation sites (N-methyl/N-ethyl adjacent to an activating group) is 1. The predicted molar refractivity (Wildman–Crippen MR) is 78.4 cm³/mol. The van der Waals surface area contributed by atoms with E-state index in [0.717, 1.165) is 9.91 Å². The highest BCUT2D eigenvalue weighted by Gasteiger charge is 2.39. The lowest BCUT2D eigenvalue weighted by atomic mass is 10.1. The second-order valence-electron chi connectivity index (χ2n) is 4.94. The van der Waals surface area contributed by atoms with Gasteiger partial charge in [-0.05, 0) is 26.0 Å². The summed E-state index contributed by atoms with van der Waals surface area (Å²) in [5.41, 5.74) is 0.496. The van der Waals surface area contributed by atoms with Gasteiger partial charge >= 0.3 is 5.97 Å². The summed E-state index contributed by atoms with van der Waals surface area (Å²) in [5, 5.41) is 24.5. The fourth-order valence-electron chi connectivity index (χ4n) is 2.19. The highest BCUT2D eigenvalue weighted by atomic mass is 16.7. The van der Waals surface area contributed by atoms with E-state index in [0.29, 0.717) is 0 Å². The van der Waals surface area contributed by atoms with Gasteiger partial charge in [-0.25, -0.2) is 4.90 Å². The van der Waals surface area contributed by atoms with Gasteiger partial charge in [0.05, 0.1) is 22.6 Å². The van der Waals surface area contributed by atoms with Crippen molar-refractivity contribution in [3.63, 3.8) is 0 Å². The summed E-state index contributed by atoms with van der Waals surface area (Å²) in [6, 6.07) is 6.30. The molecule has 1 aliphatic rings. The third kappa shape index (κ3) is 3.26. The summed E-state index contributed by atoms with van der Waals surface area (Å²) < 4.78 is 0. The Bertz CT molecular complexity index is 669. The van der Waals surface area contributed by atoms with Crippen molar-refractivity contribution < 1.29 is 29.3 Å². The van der Waals surface area contributed by atoms with Gasteiger partial charge in [0.1, 0.15) is 0 Å². The summed E-state index contributed by atoms with van der Waals surface area (Å²) in [7, 11) is 0. The van der Waals surface area contributed by atoms with E-state index in [1.807, 2.05) is 0 Å². The molecule has 0 aromatic heterocycles. The lowest BCUT2D eigenvalue weighted by molar-refractivity contribution is -0.709. The van der Waals surface area contributed by atoms with Crippen LogP contribution in [0.5, 0.6) is 0 Å². The van der Waals surface area contributed by atoms with E-state index in [2.05, 4.69) is 5.28 Å². The van der Waals surface area contributed by atoms with Gasteiger partial charge in [0.2, 0.25) is 11.5 Å². The molecule has 0 bridgehead atoms. The Morgan fingerprint density at radius 2 is 1.92 bits per heavy atom. The molecule has 0 fully saturated rings. The number of carboxylic acids is 1. The maximum atomic E-state index is 12.2. The van der Waals surface area contributed by atoms with Crippen LogP contribution in [0.15, 0.2) is 29.5 Å². The lowest BCUT2D eigenvalue weighted by Gasteiger charge is -2.19. The molecule has 0 saturated heterocycles. The summed E-state index contributed by atoms with van der Waals surface area (Å²) in [5.74, 6) is -2.30. The molecule has 10 nitrogen and oxygen atoms in total. The number of carboxylic acid groups (broad SMARTS) is 1. The number of nitrogens with zero attached hydrogens (tertiary/aromatic N) is 4. The first-order chi connectivity index (χ1) is 11.4. The molecular weight excluding hydrogens is 320 g/mol. The molecule has 1 heterocycles. The number of rotatable bonds is 7. The molecule has 0 spiro atoms. The molecule has 1 atom stereocenters. The Balaban J connectivity index is 2.09. The SMILES string of the molecule is CCN(CC(=O)O)/[N+]([O-])=N/OC(C)N1C(=O)c2ccccc2C1=O. The molecule has 1 N–H and O–H groups in total. The van der Waals surface area contributed by atoms with Crippen molar-refractivity contribution in [2.45, 2.75) is 20.1 Å². The number of fused-ring (bicyclic) bond motifs is 1. The summed E-state index contributed by atoms with van der Waals surface area (Å²) in [6.07, 6.45) is -1.13. The van der Waals surface area contributed by atoms with E-state index >= 15 is 0 Å². The molecule has 128 valence electrons. The van der Waals surface area contributed by atoms with Gasteiger partial charge in [0.15, 0.2) is 6.54 Å². The Morgan fingerprint density at radius 1 is 1.38 bits per heavy atom. The molecule has 24 heavy (non-hydrogen) atoms. The molecular formula is C14H16N4O6. The van der Waals surface area contributed by atoms with Gasteiger partial charge in [-0.2, -0.15) is 0 Å². The maximum absolute atomic E-state index is 12.2. The van der Waals surface area contributed by atoms with Crippen LogP contribution in [-0.4, -0.2) is 57.1 Å². The number of hydrogen-bond acceptors (Lipinski definition) is 6. The van der Waals surface area contributed by atoms with Crippen LogP contribution >= 0.6 is 0 Å². The first-order valence-corrected chi connectivity index (χ1v) is 7.14. The van der Waals surface area contributed by atoms with Gasteiger partial charge in [-0.3, -0.25) is 14.4 Å². The van der Waals surface area contributed by atoms with Crippen molar-refractivity contribution in [1.82, 2.24) is 9.91 Å². The first-order valence-electron chi connectivity index (χ1n) is 7.14. The topological polar surface area (TPSA) is 126 Å². The minimum Gasteiger partial charge on any atom is -0.569 e. The van der Waals surface area contributed by atoms with E-state index in [9.17, 15) is 19.6 Å². The highest BCUT2D eigenvalue weighted by molar-refractivity contribution is 6.21. The minimum absolute atomic E-state index is 0.0250. The van der Waals surface area contributed by atoms with Crippen molar-refractivity contribution in [2.75, 3.05) is 13.1 Å². The Hall–Kier alpha value is -3.17. The van der Waals surface area contributed by atoms with Crippen LogP contribution in [-0.2, 0) is 9.63 Å². The molecule has 2 amide bonds. The van der Waals surface area contributed by atoms with E-state index in [1.165, 1.54) is 19.1 Å². The third-order valence-corrected chi connectivity index (χ3v) is 3.38. The van der Waals surface area contributed by atoms with Crippen molar-refractivity contribution in [3.05, 3.63) is 40.6 Å². The standard InChI is InChI=1S/C14H16N4O6/c1-3-16(8-12(19)20)18(23)15-24-9(2)17-13(21)10-6-4-5-7-11(10)14(17)22/h4-7,9H,3,8H2,1-2H3,(H,19,20)/b18-15-. The largest absolute Gasteiger partial charge is 0.569 e. The van der Waals surface area contributed by atoms with Crippen molar-refractivity contribution in [2.24, 2.45) is 5.28 Å². The van der Waals surface area contributed by atoms with Crippen molar-refractivity contribution >= 4 is 17.8 Å². The smallest absolute Gasteiger partial charge is 0.329 e. The maximum Gasteiger partial charge on any atom is 0.329 e. The zero-order valence-corrected chi connectivity index (χ0v) is 13.1. The summed E-state index contributed by atoms with van der Waals surface area (Å²) >= 11 is 0. The quantitative estimate of drug-likeness (QED) is 0.338. The normalized spacial score (nSPS) is 15.2. The monoisotopic (exact) mass is 336 g/mol. The van der Waals surface area contributed by atoms with Gasteiger partial charge in [-0.1, -0.05) is 12.1 Å². The average Bonchev–Trinajstić information content (AvgIpc) is 2.81. The highest BCUT2D eigenvalue weighted by Crippen LogP contribution is 2.24. The fourth-order valence-corrected chi connectivity index (χ4v) is 2.19. The molecule has 0 aliphatic carbocycles. The minimum atomic E-state index is -1.21. The lowest BCUT2D eigenvalue weighted by Crippen LogP contribution is -2.40. The molecule has 1 aromatic carbocycles. The van der Waals surface area contributed by atoms with Crippen molar-refractivity contribution in [3.8, 4) is 0 Å². The van der Waals surface area contributed by atoms with Gasteiger partial charge in [0, 0.05) is 0 Å². The number of hydrogen-bond donors (Lipinski definition) is 1. The Kier molecular flexibility index (Phi) is 4.97. The van der Waals surface area contributed by atoms with E-state index in [4.69, 9.17) is 9.94 Å².